The SMILES string of the molecule is CCCNC(=O)[C@H](C)N(Cc1ccccc1F)C(=O)Cc1ccc(Cl)cc1Cl. The van der Waals surface area contributed by atoms with Gasteiger partial charge >= 0.3 is 0 Å². The first kappa shape index (κ1) is 22.2. The van der Waals surface area contributed by atoms with Crippen molar-refractivity contribution >= 4 is 35.0 Å². The van der Waals surface area contributed by atoms with Crippen molar-refractivity contribution in [2.75, 3.05) is 6.54 Å². The molecule has 0 radical (unpaired) electrons. The van der Waals surface area contributed by atoms with Gasteiger partial charge in [-0.3, -0.25) is 9.59 Å². The smallest absolute Gasteiger partial charge is 0.242 e. The van der Waals surface area contributed by atoms with E-state index < -0.39 is 11.9 Å². The van der Waals surface area contributed by atoms with Crippen molar-refractivity contribution in [2.24, 2.45) is 0 Å². The van der Waals surface area contributed by atoms with E-state index in [4.69, 9.17) is 23.2 Å². The van der Waals surface area contributed by atoms with Gasteiger partial charge in [0.25, 0.3) is 0 Å². The maximum atomic E-state index is 14.1. The van der Waals surface area contributed by atoms with Crippen LogP contribution in [-0.4, -0.2) is 29.3 Å². The summed E-state index contributed by atoms with van der Waals surface area (Å²) in [5.74, 6) is -1.04. The zero-order valence-corrected chi connectivity index (χ0v) is 17.4. The number of nitrogens with one attached hydrogen (secondary N) is 1. The number of rotatable bonds is 8. The van der Waals surface area contributed by atoms with Crippen molar-refractivity contribution in [1.82, 2.24) is 10.2 Å². The largest absolute Gasteiger partial charge is 0.354 e. The van der Waals surface area contributed by atoms with Crippen LogP contribution >= 0.6 is 23.2 Å². The van der Waals surface area contributed by atoms with Crippen LogP contribution in [0.3, 0.4) is 0 Å². The van der Waals surface area contributed by atoms with Crippen molar-refractivity contribution in [3.05, 3.63) is 69.5 Å². The summed E-state index contributed by atoms with van der Waals surface area (Å²) >= 11 is 12.1. The van der Waals surface area contributed by atoms with Gasteiger partial charge in [-0.15, -0.1) is 0 Å². The first-order valence-electron chi connectivity index (χ1n) is 9.08. The van der Waals surface area contributed by atoms with Crippen molar-refractivity contribution in [3.8, 4) is 0 Å². The second-order valence-corrected chi connectivity index (χ2v) is 7.34. The molecule has 0 heterocycles. The lowest BCUT2D eigenvalue weighted by Gasteiger charge is -2.29. The molecule has 4 nitrogen and oxygen atoms in total. The van der Waals surface area contributed by atoms with Crippen LogP contribution in [0.1, 0.15) is 31.4 Å². The van der Waals surface area contributed by atoms with E-state index in [2.05, 4.69) is 5.32 Å². The number of nitrogens with zero attached hydrogens (tertiary/aromatic N) is 1. The van der Waals surface area contributed by atoms with E-state index in [1.165, 1.54) is 11.0 Å². The molecule has 0 saturated carbocycles. The summed E-state index contributed by atoms with van der Waals surface area (Å²) < 4.78 is 14.1. The Hall–Kier alpha value is -2.11. The summed E-state index contributed by atoms with van der Waals surface area (Å²) in [6, 6.07) is 10.3. The summed E-state index contributed by atoms with van der Waals surface area (Å²) in [4.78, 5) is 26.8. The van der Waals surface area contributed by atoms with E-state index in [-0.39, 0.29) is 24.8 Å². The van der Waals surface area contributed by atoms with Crippen molar-refractivity contribution in [1.29, 1.82) is 0 Å². The fourth-order valence-electron chi connectivity index (χ4n) is 2.72. The summed E-state index contributed by atoms with van der Waals surface area (Å²) in [6.45, 7) is 4.06. The molecule has 150 valence electrons. The molecular formula is C21H23Cl2FN2O2. The number of halogens is 3. The Kier molecular flexibility index (Phi) is 8.27. The molecule has 0 unspecified atom stereocenters. The van der Waals surface area contributed by atoms with Gasteiger partial charge in [0.05, 0.1) is 6.42 Å². The lowest BCUT2D eigenvalue weighted by molar-refractivity contribution is -0.140. The molecule has 2 amide bonds. The third-order valence-electron chi connectivity index (χ3n) is 4.37. The van der Waals surface area contributed by atoms with Crippen molar-refractivity contribution in [3.63, 3.8) is 0 Å². The van der Waals surface area contributed by atoms with Crippen LogP contribution < -0.4 is 5.32 Å². The third-order valence-corrected chi connectivity index (χ3v) is 4.96. The van der Waals surface area contributed by atoms with Gasteiger partial charge < -0.3 is 10.2 Å². The molecule has 1 atom stereocenters. The molecule has 0 saturated heterocycles. The van der Waals surface area contributed by atoms with E-state index in [1.807, 2.05) is 6.92 Å². The summed E-state index contributed by atoms with van der Waals surface area (Å²) in [5, 5.41) is 3.62. The first-order valence-corrected chi connectivity index (χ1v) is 9.83. The van der Waals surface area contributed by atoms with Gasteiger partial charge in [-0.25, -0.2) is 4.39 Å². The molecule has 2 rings (SSSR count). The highest BCUT2D eigenvalue weighted by Crippen LogP contribution is 2.23. The number of carbonyl (C=O) groups excluding carboxylic acids is 2. The lowest BCUT2D eigenvalue weighted by Crippen LogP contribution is -2.48. The standard InChI is InChI=1S/C21H23Cl2FN2O2/c1-3-10-25-21(28)14(2)26(13-16-6-4-5-7-19(16)24)20(27)11-15-8-9-17(22)12-18(15)23/h4-9,12,14H,3,10-11,13H2,1-2H3,(H,25,28)/t14-/m0/s1. The Labute approximate surface area is 174 Å². The van der Waals surface area contributed by atoms with E-state index >= 15 is 0 Å². The fourth-order valence-corrected chi connectivity index (χ4v) is 3.19. The summed E-state index contributed by atoms with van der Waals surface area (Å²) in [5.41, 5.74) is 0.934. The normalized spacial score (nSPS) is 11.8. The predicted octanol–water partition coefficient (Wildman–Crippen LogP) is 4.62. The van der Waals surface area contributed by atoms with E-state index in [0.717, 1.165) is 6.42 Å². The van der Waals surface area contributed by atoms with Crippen molar-refractivity contribution < 1.29 is 14.0 Å². The molecule has 2 aromatic rings. The summed E-state index contributed by atoms with van der Waals surface area (Å²) in [7, 11) is 0. The zero-order valence-electron chi connectivity index (χ0n) is 15.8. The van der Waals surface area contributed by atoms with Gasteiger partial charge in [0.1, 0.15) is 11.9 Å². The molecular weight excluding hydrogens is 402 g/mol. The molecule has 7 heteroatoms. The molecule has 0 fully saturated rings. The fraction of sp³-hybridized carbons (Fsp3) is 0.333. The van der Waals surface area contributed by atoms with Gasteiger partial charge in [0.2, 0.25) is 11.8 Å². The number of amides is 2. The van der Waals surface area contributed by atoms with Crippen LogP contribution in [0, 0.1) is 5.82 Å². The Balaban J connectivity index is 2.26. The van der Waals surface area contributed by atoms with Crippen LogP contribution in [0.5, 0.6) is 0 Å². The molecule has 1 N–H and O–H groups in total. The highest BCUT2D eigenvalue weighted by Gasteiger charge is 2.27. The molecule has 0 bridgehead atoms. The third kappa shape index (κ3) is 5.94. The molecule has 0 aliphatic rings. The average molecular weight is 425 g/mol. The Morgan fingerprint density at radius 2 is 1.86 bits per heavy atom. The van der Waals surface area contributed by atoms with Gasteiger partial charge in [-0.2, -0.15) is 0 Å². The maximum absolute atomic E-state index is 14.1. The van der Waals surface area contributed by atoms with Crippen molar-refractivity contribution in [2.45, 2.75) is 39.3 Å². The molecule has 0 aliphatic heterocycles. The van der Waals surface area contributed by atoms with Gasteiger partial charge in [-0.1, -0.05) is 54.4 Å². The molecule has 2 aromatic carbocycles. The number of hydrogen-bond donors (Lipinski definition) is 1. The van der Waals surface area contributed by atoms with Crippen LogP contribution in [-0.2, 0) is 22.6 Å². The topological polar surface area (TPSA) is 49.4 Å². The minimum atomic E-state index is -0.760. The van der Waals surface area contributed by atoms with Crippen LogP contribution in [0.4, 0.5) is 4.39 Å². The Morgan fingerprint density at radius 1 is 1.14 bits per heavy atom. The Bertz CT molecular complexity index is 845. The molecule has 28 heavy (non-hydrogen) atoms. The second kappa shape index (κ2) is 10.4. The highest BCUT2D eigenvalue weighted by molar-refractivity contribution is 6.35. The number of carbonyl (C=O) groups is 2. The molecule has 0 aliphatic carbocycles. The second-order valence-electron chi connectivity index (χ2n) is 6.49. The zero-order chi connectivity index (χ0) is 20.7. The Morgan fingerprint density at radius 3 is 2.50 bits per heavy atom. The van der Waals surface area contributed by atoms with Crippen LogP contribution in [0.25, 0.3) is 0 Å². The minimum absolute atomic E-state index is 0.0164. The summed E-state index contributed by atoms with van der Waals surface area (Å²) in [6.07, 6.45) is 0.760. The van der Waals surface area contributed by atoms with Crippen LogP contribution in [0.15, 0.2) is 42.5 Å². The van der Waals surface area contributed by atoms with E-state index in [9.17, 15) is 14.0 Å². The number of benzene rings is 2. The lowest BCUT2D eigenvalue weighted by atomic mass is 10.1. The average Bonchev–Trinajstić information content (AvgIpc) is 2.67. The number of hydrogen-bond acceptors (Lipinski definition) is 2. The monoisotopic (exact) mass is 424 g/mol. The predicted molar refractivity (Wildman–Crippen MR) is 110 cm³/mol. The highest BCUT2D eigenvalue weighted by atomic mass is 35.5. The van der Waals surface area contributed by atoms with Gasteiger partial charge in [-0.05, 0) is 37.1 Å². The quantitative estimate of drug-likeness (QED) is 0.671. The van der Waals surface area contributed by atoms with Crippen LogP contribution in [0.2, 0.25) is 10.0 Å². The van der Waals surface area contributed by atoms with E-state index in [1.54, 1.807) is 43.3 Å². The first-order chi connectivity index (χ1) is 13.3. The minimum Gasteiger partial charge on any atom is -0.354 e. The van der Waals surface area contributed by atoms with Gasteiger partial charge in [0.15, 0.2) is 0 Å². The van der Waals surface area contributed by atoms with Gasteiger partial charge in [0, 0.05) is 28.7 Å². The maximum Gasteiger partial charge on any atom is 0.242 e. The molecule has 0 spiro atoms. The molecule has 0 aromatic heterocycles. The van der Waals surface area contributed by atoms with E-state index in [0.29, 0.717) is 27.7 Å².